The molecule has 1 fully saturated rings. The third kappa shape index (κ3) is 3.49. The number of halogens is 1. The number of nitro groups is 1. The molecular weight excluding hydrogens is 426 g/mol. The lowest BCUT2D eigenvalue weighted by Gasteiger charge is -2.30. The van der Waals surface area contributed by atoms with Crippen LogP contribution in [0, 0.1) is 16.0 Å². The number of benzene rings is 1. The zero-order chi connectivity index (χ0) is 19.7. The molecule has 0 radical (unpaired) electrons. The molecule has 3 heterocycles. The van der Waals surface area contributed by atoms with Crippen LogP contribution in [-0.2, 0) is 0 Å². The lowest BCUT2D eigenvalue weighted by atomic mass is 9.99. The minimum atomic E-state index is -0.475. The van der Waals surface area contributed by atoms with Crippen molar-refractivity contribution in [3.05, 3.63) is 51.4 Å². The van der Waals surface area contributed by atoms with Gasteiger partial charge in [0, 0.05) is 29.1 Å². The molecule has 144 valence electrons. The van der Waals surface area contributed by atoms with E-state index in [1.807, 2.05) is 23.1 Å². The van der Waals surface area contributed by atoms with E-state index in [0.29, 0.717) is 23.0 Å². The summed E-state index contributed by atoms with van der Waals surface area (Å²) < 4.78 is 6.75. The van der Waals surface area contributed by atoms with E-state index >= 15 is 0 Å². The highest BCUT2D eigenvalue weighted by molar-refractivity contribution is 9.10. The summed E-state index contributed by atoms with van der Waals surface area (Å²) in [6.07, 6.45) is 4.90. The first-order valence-corrected chi connectivity index (χ1v) is 9.79. The maximum Gasteiger partial charge on any atom is 0.373 e. The van der Waals surface area contributed by atoms with Crippen molar-refractivity contribution in [2.24, 2.45) is 5.92 Å². The van der Waals surface area contributed by atoms with Crippen LogP contribution in [0.2, 0.25) is 0 Å². The second kappa shape index (κ2) is 7.67. The van der Waals surface area contributed by atoms with E-state index in [9.17, 15) is 10.1 Å². The van der Waals surface area contributed by atoms with Gasteiger partial charge in [0.25, 0.3) is 0 Å². The fourth-order valence-corrected chi connectivity index (χ4v) is 3.79. The Morgan fingerprint density at radius 3 is 2.75 bits per heavy atom. The number of rotatable bonds is 4. The third-order valence-electron chi connectivity index (χ3n) is 4.92. The SMILES string of the molecule is CC1CCN(c2ncnc(Oc3ccc(Br)c4cccnc34)c2[N+](=O)[O-])CC1. The van der Waals surface area contributed by atoms with Crippen molar-refractivity contribution in [2.75, 3.05) is 18.0 Å². The van der Waals surface area contributed by atoms with Crippen LogP contribution in [0.5, 0.6) is 11.6 Å². The predicted octanol–water partition coefficient (Wildman–Crippen LogP) is 4.72. The van der Waals surface area contributed by atoms with Crippen LogP contribution < -0.4 is 9.64 Å². The standard InChI is InChI=1S/C19H18BrN5O3/c1-12-6-9-24(10-7-12)18-17(25(26)27)19(23-11-22-18)28-15-5-4-14(20)13-3-2-8-21-16(13)15/h2-5,8,11-12H,6-7,9-10H2,1H3. The molecule has 0 bridgehead atoms. The molecule has 0 saturated carbocycles. The molecule has 0 amide bonds. The molecule has 28 heavy (non-hydrogen) atoms. The van der Waals surface area contributed by atoms with Gasteiger partial charge in [-0.3, -0.25) is 15.1 Å². The molecule has 9 heteroatoms. The van der Waals surface area contributed by atoms with Crippen molar-refractivity contribution >= 4 is 38.3 Å². The highest BCUT2D eigenvalue weighted by Gasteiger charge is 2.30. The topological polar surface area (TPSA) is 94.3 Å². The fraction of sp³-hybridized carbons (Fsp3) is 0.316. The number of hydrogen-bond donors (Lipinski definition) is 0. The maximum absolute atomic E-state index is 11.9. The summed E-state index contributed by atoms with van der Waals surface area (Å²) in [6.45, 7) is 3.63. The number of pyridine rings is 1. The summed E-state index contributed by atoms with van der Waals surface area (Å²) in [6, 6.07) is 7.25. The molecule has 0 atom stereocenters. The van der Waals surface area contributed by atoms with Gasteiger partial charge in [-0.05, 0) is 37.0 Å². The van der Waals surface area contributed by atoms with Crippen LogP contribution in [0.3, 0.4) is 0 Å². The summed E-state index contributed by atoms with van der Waals surface area (Å²) in [7, 11) is 0. The molecule has 1 aliphatic heterocycles. The van der Waals surface area contributed by atoms with Crippen LogP contribution in [0.4, 0.5) is 11.5 Å². The fourth-order valence-electron chi connectivity index (χ4n) is 3.34. The van der Waals surface area contributed by atoms with E-state index in [0.717, 1.165) is 35.8 Å². The Hall–Kier alpha value is -2.81. The molecule has 0 N–H and O–H groups in total. The van der Waals surface area contributed by atoms with Gasteiger partial charge < -0.3 is 9.64 Å². The zero-order valence-electron chi connectivity index (χ0n) is 15.2. The van der Waals surface area contributed by atoms with Crippen molar-refractivity contribution in [2.45, 2.75) is 19.8 Å². The predicted molar refractivity (Wildman–Crippen MR) is 109 cm³/mol. The van der Waals surface area contributed by atoms with E-state index in [4.69, 9.17) is 4.74 Å². The normalized spacial score (nSPS) is 15.0. The number of piperidine rings is 1. The van der Waals surface area contributed by atoms with Crippen LogP contribution in [0.1, 0.15) is 19.8 Å². The van der Waals surface area contributed by atoms with Gasteiger partial charge >= 0.3 is 11.6 Å². The van der Waals surface area contributed by atoms with Crippen molar-refractivity contribution < 1.29 is 9.66 Å². The number of ether oxygens (including phenoxy) is 1. The summed E-state index contributed by atoms with van der Waals surface area (Å²) in [5.74, 6) is 1.23. The number of nitrogens with zero attached hydrogens (tertiary/aromatic N) is 5. The number of aromatic nitrogens is 3. The maximum atomic E-state index is 11.9. The molecule has 2 aromatic heterocycles. The van der Waals surface area contributed by atoms with Gasteiger partial charge in [-0.1, -0.05) is 28.9 Å². The highest BCUT2D eigenvalue weighted by Crippen LogP contribution is 2.39. The molecule has 1 saturated heterocycles. The summed E-state index contributed by atoms with van der Waals surface area (Å²) >= 11 is 3.49. The number of hydrogen-bond acceptors (Lipinski definition) is 7. The molecule has 1 aliphatic rings. The first-order chi connectivity index (χ1) is 13.5. The number of fused-ring (bicyclic) bond motifs is 1. The van der Waals surface area contributed by atoms with Crippen molar-refractivity contribution in [3.63, 3.8) is 0 Å². The first kappa shape index (κ1) is 18.5. The van der Waals surface area contributed by atoms with Crippen molar-refractivity contribution in [3.8, 4) is 11.6 Å². The second-order valence-corrected chi connectivity index (χ2v) is 7.68. The van der Waals surface area contributed by atoms with E-state index < -0.39 is 4.92 Å². The minimum Gasteiger partial charge on any atom is -0.431 e. The van der Waals surface area contributed by atoms with Gasteiger partial charge in [0.05, 0.1) is 4.92 Å². The van der Waals surface area contributed by atoms with E-state index in [2.05, 4.69) is 37.8 Å². The molecule has 3 aromatic rings. The Kier molecular flexibility index (Phi) is 5.08. The lowest BCUT2D eigenvalue weighted by Crippen LogP contribution is -2.34. The zero-order valence-corrected chi connectivity index (χ0v) is 16.8. The van der Waals surface area contributed by atoms with Crippen LogP contribution >= 0.6 is 15.9 Å². The quantitative estimate of drug-likeness (QED) is 0.424. The third-order valence-corrected chi connectivity index (χ3v) is 5.61. The number of anilines is 1. The van der Waals surface area contributed by atoms with Gasteiger partial charge in [0.15, 0.2) is 5.75 Å². The Labute approximate surface area is 169 Å². The smallest absolute Gasteiger partial charge is 0.373 e. The molecule has 4 rings (SSSR count). The van der Waals surface area contributed by atoms with Crippen molar-refractivity contribution in [1.29, 1.82) is 0 Å². The van der Waals surface area contributed by atoms with Gasteiger partial charge in [-0.2, -0.15) is 4.98 Å². The van der Waals surface area contributed by atoms with Gasteiger partial charge in [-0.15, -0.1) is 0 Å². The Balaban J connectivity index is 1.76. The highest BCUT2D eigenvalue weighted by atomic mass is 79.9. The Bertz CT molecular complexity index is 1040. The van der Waals surface area contributed by atoms with Crippen molar-refractivity contribution in [1.82, 2.24) is 15.0 Å². The monoisotopic (exact) mass is 443 g/mol. The molecule has 8 nitrogen and oxygen atoms in total. The van der Waals surface area contributed by atoms with Crippen LogP contribution in [0.25, 0.3) is 10.9 Å². The molecular formula is C19H18BrN5O3. The van der Waals surface area contributed by atoms with Gasteiger partial charge in [0.2, 0.25) is 5.82 Å². The van der Waals surface area contributed by atoms with Gasteiger partial charge in [-0.25, -0.2) is 4.98 Å². The Morgan fingerprint density at radius 1 is 1.21 bits per heavy atom. The molecule has 0 spiro atoms. The average molecular weight is 444 g/mol. The second-order valence-electron chi connectivity index (χ2n) is 6.82. The molecule has 0 unspecified atom stereocenters. The van der Waals surface area contributed by atoms with Crippen LogP contribution in [0.15, 0.2) is 41.3 Å². The minimum absolute atomic E-state index is 0.0807. The summed E-state index contributed by atoms with van der Waals surface area (Å²) in [5, 5.41) is 12.7. The first-order valence-electron chi connectivity index (χ1n) is 9.00. The molecule has 1 aromatic carbocycles. The van der Waals surface area contributed by atoms with E-state index in [1.54, 1.807) is 12.3 Å². The van der Waals surface area contributed by atoms with E-state index in [-0.39, 0.29) is 11.6 Å². The summed E-state index contributed by atoms with van der Waals surface area (Å²) in [5.41, 5.74) is 0.377. The molecule has 0 aliphatic carbocycles. The van der Waals surface area contributed by atoms with Gasteiger partial charge in [0.1, 0.15) is 11.8 Å². The summed E-state index contributed by atoms with van der Waals surface area (Å²) in [4.78, 5) is 25.9. The largest absolute Gasteiger partial charge is 0.431 e. The lowest BCUT2D eigenvalue weighted by molar-refractivity contribution is -0.385. The van der Waals surface area contributed by atoms with Crippen LogP contribution in [-0.4, -0.2) is 33.0 Å². The average Bonchev–Trinajstić information content (AvgIpc) is 2.70. The van der Waals surface area contributed by atoms with E-state index in [1.165, 1.54) is 6.33 Å². The Morgan fingerprint density at radius 2 is 2.00 bits per heavy atom.